The number of aromatic nitrogens is 2. The lowest BCUT2D eigenvalue weighted by molar-refractivity contribution is -0.137. The minimum absolute atomic E-state index is 0.0899. The lowest BCUT2D eigenvalue weighted by Gasteiger charge is -2.19. The molecule has 1 unspecified atom stereocenters. The van der Waals surface area contributed by atoms with Gasteiger partial charge in [0.05, 0.1) is 11.3 Å². The van der Waals surface area contributed by atoms with Crippen molar-refractivity contribution in [3.8, 4) is 5.69 Å². The highest BCUT2D eigenvalue weighted by molar-refractivity contribution is 5.92. The highest BCUT2D eigenvalue weighted by Gasteiger charge is 2.31. The molecule has 4 rings (SSSR count). The van der Waals surface area contributed by atoms with Gasteiger partial charge in [0.1, 0.15) is 5.82 Å². The second-order valence-corrected chi connectivity index (χ2v) is 8.25. The van der Waals surface area contributed by atoms with Crippen molar-refractivity contribution >= 4 is 11.6 Å². The van der Waals surface area contributed by atoms with Crippen LogP contribution in [0.4, 0.5) is 23.2 Å². The molecule has 0 aliphatic carbocycles. The summed E-state index contributed by atoms with van der Waals surface area (Å²) < 4.78 is 53.6. The van der Waals surface area contributed by atoms with Crippen LogP contribution in [0, 0.1) is 18.7 Å². The van der Waals surface area contributed by atoms with Gasteiger partial charge in [-0.15, -0.1) is 0 Å². The maximum atomic E-state index is 13.1. The average Bonchev–Trinajstić information content (AvgIpc) is 3.26. The number of benzene rings is 2. The van der Waals surface area contributed by atoms with Crippen molar-refractivity contribution in [1.29, 1.82) is 0 Å². The van der Waals surface area contributed by atoms with Gasteiger partial charge in [0.25, 0.3) is 5.91 Å². The number of amides is 1. The van der Waals surface area contributed by atoms with Gasteiger partial charge in [-0.1, -0.05) is 6.07 Å². The summed E-state index contributed by atoms with van der Waals surface area (Å²) in [5.41, 5.74) is -0.588. The Bertz CT molecular complexity index is 1260. The Kier molecular flexibility index (Phi) is 6.41. The molecule has 6 nitrogen and oxygen atoms in total. The fraction of sp³-hybridized carbons (Fsp3) is 0.292. The molecule has 1 saturated heterocycles. The van der Waals surface area contributed by atoms with Gasteiger partial charge >= 0.3 is 6.18 Å². The third-order valence-corrected chi connectivity index (χ3v) is 5.77. The fourth-order valence-electron chi connectivity index (χ4n) is 3.99. The van der Waals surface area contributed by atoms with Crippen molar-refractivity contribution in [2.75, 3.05) is 24.5 Å². The van der Waals surface area contributed by atoms with Crippen LogP contribution in [0.3, 0.4) is 0 Å². The first-order valence-corrected chi connectivity index (χ1v) is 10.7. The van der Waals surface area contributed by atoms with Crippen LogP contribution in [0.25, 0.3) is 5.69 Å². The molecule has 1 fully saturated rings. The van der Waals surface area contributed by atoms with E-state index in [1.54, 1.807) is 12.1 Å². The van der Waals surface area contributed by atoms with Gasteiger partial charge in [-0.05, 0) is 61.7 Å². The predicted octanol–water partition coefficient (Wildman–Crippen LogP) is 3.96. The molecule has 0 saturated carbocycles. The number of hydrogen-bond donors (Lipinski definition) is 1. The van der Waals surface area contributed by atoms with Gasteiger partial charge in [-0.25, -0.2) is 9.07 Å². The first kappa shape index (κ1) is 23.5. The zero-order valence-corrected chi connectivity index (χ0v) is 18.3. The number of halogens is 4. The largest absolute Gasteiger partial charge is 0.416 e. The smallest absolute Gasteiger partial charge is 0.371 e. The number of nitrogens with zero attached hydrogens (tertiary/aromatic N) is 3. The van der Waals surface area contributed by atoms with E-state index in [1.165, 1.54) is 37.3 Å². The topological polar surface area (TPSA) is 67.2 Å². The van der Waals surface area contributed by atoms with Gasteiger partial charge < -0.3 is 10.2 Å². The van der Waals surface area contributed by atoms with Crippen molar-refractivity contribution in [3.05, 3.63) is 87.6 Å². The Morgan fingerprint density at radius 1 is 1.12 bits per heavy atom. The Morgan fingerprint density at radius 2 is 1.85 bits per heavy atom. The van der Waals surface area contributed by atoms with Crippen LogP contribution in [0.2, 0.25) is 0 Å². The Balaban J connectivity index is 1.47. The molecular weight excluding hydrogens is 452 g/mol. The van der Waals surface area contributed by atoms with Crippen molar-refractivity contribution in [1.82, 2.24) is 15.1 Å². The first-order chi connectivity index (χ1) is 16.1. The third kappa shape index (κ3) is 5.11. The molecule has 1 aromatic heterocycles. The summed E-state index contributed by atoms with van der Waals surface area (Å²) in [6, 6.07) is 11.9. The molecule has 2 heterocycles. The highest BCUT2D eigenvalue weighted by Crippen LogP contribution is 2.30. The number of anilines is 1. The lowest BCUT2D eigenvalue weighted by atomic mass is 10.1. The second-order valence-electron chi connectivity index (χ2n) is 8.25. The van der Waals surface area contributed by atoms with E-state index in [9.17, 15) is 27.2 Å². The molecular formula is C24H22F4N4O2. The number of aryl methyl sites for hydroxylation is 1. The number of alkyl halides is 3. The summed E-state index contributed by atoms with van der Waals surface area (Å²) in [7, 11) is 0. The first-order valence-electron chi connectivity index (χ1n) is 10.7. The van der Waals surface area contributed by atoms with Crippen LogP contribution in [-0.2, 0) is 6.18 Å². The monoisotopic (exact) mass is 474 g/mol. The van der Waals surface area contributed by atoms with E-state index in [1.807, 2.05) is 0 Å². The molecule has 0 bridgehead atoms. The molecule has 1 amide bonds. The van der Waals surface area contributed by atoms with Crippen molar-refractivity contribution in [3.63, 3.8) is 0 Å². The molecule has 1 aliphatic rings. The summed E-state index contributed by atoms with van der Waals surface area (Å²) in [6.07, 6.45) is -3.74. The highest BCUT2D eigenvalue weighted by atomic mass is 19.4. The van der Waals surface area contributed by atoms with E-state index in [0.717, 1.165) is 35.5 Å². The Morgan fingerprint density at radius 3 is 2.56 bits per heavy atom. The van der Waals surface area contributed by atoms with Crippen molar-refractivity contribution in [2.24, 2.45) is 5.92 Å². The molecule has 10 heteroatoms. The molecule has 0 spiro atoms. The van der Waals surface area contributed by atoms with Crippen LogP contribution >= 0.6 is 0 Å². The summed E-state index contributed by atoms with van der Waals surface area (Å²) in [6.45, 7) is 3.23. The minimum Gasteiger partial charge on any atom is -0.371 e. The number of rotatable bonds is 5. The molecule has 3 aromatic rings. The summed E-state index contributed by atoms with van der Waals surface area (Å²) >= 11 is 0. The normalized spacial score (nSPS) is 16.0. The third-order valence-electron chi connectivity index (χ3n) is 5.77. The van der Waals surface area contributed by atoms with Crippen LogP contribution in [0.1, 0.15) is 28.2 Å². The maximum Gasteiger partial charge on any atom is 0.416 e. The fourth-order valence-corrected chi connectivity index (χ4v) is 3.99. The van der Waals surface area contributed by atoms with E-state index in [4.69, 9.17) is 0 Å². The second kappa shape index (κ2) is 9.28. The molecule has 2 aromatic carbocycles. The van der Waals surface area contributed by atoms with Crippen LogP contribution in [0.5, 0.6) is 0 Å². The summed E-state index contributed by atoms with van der Waals surface area (Å²) in [4.78, 5) is 27.2. The number of nitrogens with one attached hydrogen (secondary N) is 1. The van der Waals surface area contributed by atoms with E-state index >= 15 is 0 Å². The van der Waals surface area contributed by atoms with E-state index in [2.05, 4.69) is 15.3 Å². The van der Waals surface area contributed by atoms with E-state index in [0.29, 0.717) is 18.8 Å². The Hall–Kier alpha value is -3.69. The standard InChI is InChI=1S/C24H22F4N4O2/c1-15-11-21(33)22(30-32(15)20-4-2-3-17(12-20)24(26,27)28)23(34)29-13-16-9-10-31(14-16)19-7-5-18(25)6-8-19/h2-8,11-12,16H,9-10,13-14H2,1H3,(H,29,34). The van der Waals surface area contributed by atoms with Crippen molar-refractivity contribution < 1.29 is 22.4 Å². The minimum atomic E-state index is -4.54. The number of hydrogen-bond acceptors (Lipinski definition) is 4. The summed E-state index contributed by atoms with van der Waals surface area (Å²) in [5.74, 6) is -0.885. The van der Waals surface area contributed by atoms with Crippen LogP contribution < -0.4 is 15.6 Å². The molecule has 178 valence electrons. The molecule has 34 heavy (non-hydrogen) atoms. The molecule has 1 aliphatic heterocycles. The molecule has 0 radical (unpaired) electrons. The molecule has 1 atom stereocenters. The summed E-state index contributed by atoms with van der Waals surface area (Å²) in [5, 5.41) is 6.78. The van der Waals surface area contributed by atoms with Crippen LogP contribution in [0.15, 0.2) is 59.4 Å². The molecule has 1 N–H and O–H groups in total. The number of carbonyl (C=O) groups excluding carboxylic acids is 1. The average molecular weight is 474 g/mol. The maximum absolute atomic E-state index is 13.1. The van der Waals surface area contributed by atoms with Gasteiger partial charge in [-0.3, -0.25) is 9.59 Å². The van der Waals surface area contributed by atoms with Gasteiger partial charge in [0.15, 0.2) is 5.69 Å². The number of carbonyl (C=O) groups is 1. The van der Waals surface area contributed by atoms with Gasteiger partial charge in [0, 0.05) is 37.1 Å². The van der Waals surface area contributed by atoms with E-state index < -0.39 is 28.8 Å². The van der Waals surface area contributed by atoms with Crippen LogP contribution in [-0.4, -0.2) is 35.3 Å². The zero-order valence-electron chi connectivity index (χ0n) is 18.3. The van der Waals surface area contributed by atoms with Crippen molar-refractivity contribution in [2.45, 2.75) is 19.5 Å². The zero-order chi connectivity index (χ0) is 24.5. The van der Waals surface area contributed by atoms with Gasteiger partial charge in [0.2, 0.25) is 5.43 Å². The SMILES string of the molecule is Cc1cc(=O)c(C(=O)NCC2CCN(c3ccc(F)cc3)C2)nn1-c1cccc(C(F)(F)F)c1. The van der Waals surface area contributed by atoms with Gasteiger partial charge in [-0.2, -0.15) is 18.3 Å². The van der Waals surface area contributed by atoms with E-state index in [-0.39, 0.29) is 17.4 Å². The Labute approximate surface area is 192 Å². The predicted molar refractivity (Wildman–Crippen MR) is 119 cm³/mol. The quantitative estimate of drug-likeness (QED) is 0.569. The lowest BCUT2D eigenvalue weighted by Crippen LogP contribution is -2.35.